The smallest absolute Gasteiger partial charge is 0.236 e. The highest BCUT2D eigenvalue weighted by molar-refractivity contribution is 5.79. The number of benzene rings is 1. The highest BCUT2D eigenvalue weighted by Crippen LogP contribution is 2.27. The van der Waals surface area contributed by atoms with Crippen LogP contribution in [0.15, 0.2) is 24.3 Å². The minimum Gasteiger partial charge on any atom is -0.343 e. The third-order valence-corrected chi connectivity index (χ3v) is 4.28. The van der Waals surface area contributed by atoms with Crippen LogP contribution in [0.1, 0.15) is 17.2 Å². The van der Waals surface area contributed by atoms with Crippen molar-refractivity contribution in [2.24, 2.45) is 0 Å². The maximum absolute atomic E-state index is 11.9. The SMILES string of the molecule is Cc1ccc(C2CNCC3CN(C)C(=O)CN32)cc1. The Labute approximate surface area is 114 Å². The topological polar surface area (TPSA) is 35.6 Å². The summed E-state index contributed by atoms with van der Waals surface area (Å²) in [4.78, 5) is 16.2. The molecule has 2 atom stereocenters. The van der Waals surface area contributed by atoms with Gasteiger partial charge < -0.3 is 10.2 Å². The minimum absolute atomic E-state index is 0.232. The van der Waals surface area contributed by atoms with Gasteiger partial charge in [0.25, 0.3) is 0 Å². The number of likely N-dealkylation sites (N-methyl/N-ethyl adjacent to an activating group) is 1. The molecule has 2 saturated heterocycles. The van der Waals surface area contributed by atoms with Crippen LogP contribution < -0.4 is 5.32 Å². The molecule has 2 fully saturated rings. The Kier molecular flexibility index (Phi) is 3.29. The molecule has 0 aromatic heterocycles. The second-order valence-electron chi connectivity index (χ2n) is 5.69. The number of carbonyl (C=O) groups excluding carboxylic acids is 1. The molecule has 4 heteroatoms. The van der Waals surface area contributed by atoms with Crippen molar-refractivity contribution in [3.63, 3.8) is 0 Å². The fourth-order valence-corrected chi connectivity index (χ4v) is 3.08. The number of nitrogens with one attached hydrogen (secondary N) is 1. The number of hydrogen-bond acceptors (Lipinski definition) is 3. The Balaban J connectivity index is 1.85. The van der Waals surface area contributed by atoms with E-state index in [9.17, 15) is 4.79 Å². The van der Waals surface area contributed by atoms with Gasteiger partial charge >= 0.3 is 0 Å². The molecule has 2 aliphatic rings. The quantitative estimate of drug-likeness (QED) is 0.809. The fraction of sp³-hybridized carbons (Fsp3) is 0.533. The van der Waals surface area contributed by atoms with Gasteiger partial charge in [-0.2, -0.15) is 0 Å². The molecule has 1 aromatic rings. The van der Waals surface area contributed by atoms with Crippen molar-refractivity contribution < 1.29 is 4.79 Å². The number of nitrogens with zero attached hydrogens (tertiary/aromatic N) is 2. The lowest BCUT2D eigenvalue weighted by molar-refractivity contribution is -0.139. The first-order chi connectivity index (χ1) is 9.15. The van der Waals surface area contributed by atoms with Crippen LogP contribution in [0.4, 0.5) is 0 Å². The van der Waals surface area contributed by atoms with Gasteiger partial charge in [0, 0.05) is 38.8 Å². The van der Waals surface area contributed by atoms with Gasteiger partial charge in [-0.15, -0.1) is 0 Å². The maximum Gasteiger partial charge on any atom is 0.236 e. The van der Waals surface area contributed by atoms with Gasteiger partial charge in [-0.05, 0) is 12.5 Å². The molecule has 1 aromatic carbocycles. The maximum atomic E-state index is 11.9. The number of hydrogen-bond donors (Lipinski definition) is 1. The Morgan fingerprint density at radius 2 is 1.95 bits per heavy atom. The molecule has 2 unspecified atom stereocenters. The van der Waals surface area contributed by atoms with E-state index in [1.807, 2.05) is 11.9 Å². The Morgan fingerprint density at radius 3 is 2.68 bits per heavy atom. The van der Waals surface area contributed by atoms with E-state index in [1.54, 1.807) is 0 Å². The number of rotatable bonds is 1. The predicted molar refractivity (Wildman–Crippen MR) is 74.9 cm³/mol. The van der Waals surface area contributed by atoms with Crippen LogP contribution >= 0.6 is 0 Å². The van der Waals surface area contributed by atoms with Crippen molar-refractivity contribution in [1.29, 1.82) is 0 Å². The van der Waals surface area contributed by atoms with E-state index >= 15 is 0 Å². The van der Waals surface area contributed by atoms with Crippen molar-refractivity contribution in [3.8, 4) is 0 Å². The highest BCUT2D eigenvalue weighted by Gasteiger charge is 2.37. The van der Waals surface area contributed by atoms with Crippen molar-refractivity contribution in [3.05, 3.63) is 35.4 Å². The van der Waals surface area contributed by atoms with Crippen molar-refractivity contribution >= 4 is 5.91 Å². The van der Waals surface area contributed by atoms with E-state index in [0.717, 1.165) is 19.6 Å². The Morgan fingerprint density at radius 1 is 1.21 bits per heavy atom. The summed E-state index contributed by atoms with van der Waals surface area (Å²) in [6, 6.07) is 9.42. The van der Waals surface area contributed by atoms with Crippen LogP contribution in [-0.2, 0) is 4.79 Å². The number of aryl methyl sites for hydroxylation is 1. The second kappa shape index (κ2) is 4.94. The molecule has 0 radical (unpaired) electrons. The third kappa shape index (κ3) is 2.38. The summed E-state index contributed by atoms with van der Waals surface area (Å²) in [5, 5.41) is 3.50. The lowest BCUT2D eigenvalue weighted by Gasteiger charge is -2.47. The van der Waals surface area contributed by atoms with Crippen LogP contribution in [0.25, 0.3) is 0 Å². The number of fused-ring (bicyclic) bond motifs is 1. The van der Waals surface area contributed by atoms with Crippen molar-refractivity contribution in [2.75, 3.05) is 33.2 Å². The van der Waals surface area contributed by atoms with Gasteiger partial charge in [0.05, 0.1) is 6.54 Å². The second-order valence-corrected chi connectivity index (χ2v) is 5.69. The summed E-state index contributed by atoms with van der Waals surface area (Å²) in [5.41, 5.74) is 2.58. The fourth-order valence-electron chi connectivity index (χ4n) is 3.08. The number of amides is 1. The molecule has 1 N–H and O–H groups in total. The molecular weight excluding hydrogens is 238 g/mol. The molecular formula is C15H21N3O. The van der Waals surface area contributed by atoms with Gasteiger partial charge in [-0.3, -0.25) is 9.69 Å². The van der Waals surface area contributed by atoms with Gasteiger partial charge in [0.2, 0.25) is 5.91 Å². The zero-order valence-electron chi connectivity index (χ0n) is 11.6. The predicted octanol–water partition coefficient (Wildman–Crippen LogP) is 0.782. The zero-order valence-corrected chi connectivity index (χ0v) is 11.6. The molecule has 0 aliphatic carbocycles. The molecule has 0 bridgehead atoms. The molecule has 4 nitrogen and oxygen atoms in total. The van der Waals surface area contributed by atoms with E-state index in [2.05, 4.69) is 41.4 Å². The Bertz CT molecular complexity index is 471. The average molecular weight is 259 g/mol. The average Bonchev–Trinajstić information content (AvgIpc) is 2.41. The summed E-state index contributed by atoms with van der Waals surface area (Å²) in [6.07, 6.45) is 0. The van der Waals surface area contributed by atoms with Gasteiger partial charge in [0.1, 0.15) is 0 Å². The van der Waals surface area contributed by atoms with Crippen LogP contribution in [-0.4, -0.2) is 55.0 Å². The van der Waals surface area contributed by atoms with E-state index in [4.69, 9.17) is 0 Å². The summed E-state index contributed by atoms with van der Waals surface area (Å²) < 4.78 is 0. The molecule has 0 spiro atoms. The Hall–Kier alpha value is -1.39. The van der Waals surface area contributed by atoms with Gasteiger partial charge in [0.15, 0.2) is 0 Å². The summed E-state index contributed by atoms with van der Waals surface area (Å²) >= 11 is 0. The van der Waals surface area contributed by atoms with Crippen LogP contribution in [0.2, 0.25) is 0 Å². The third-order valence-electron chi connectivity index (χ3n) is 4.28. The lowest BCUT2D eigenvalue weighted by atomic mass is 9.97. The normalized spacial score (nSPS) is 28.3. The molecule has 102 valence electrons. The lowest BCUT2D eigenvalue weighted by Crippen LogP contribution is -2.63. The van der Waals surface area contributed by atoms with Gasteiger partial charge in [-0.1, -0.05) is 29.8 Å². The van der Waals surface area contributed by atoms with Crippen molar-refractivity contribution in [1.82, 2.24) is 15.1 Å². The van der Waals surface area contributed by atoms with E-state index < -0.39 is 0 Å². The number of piperazine rings is 2. The first-order valence-corrected chi connectivity index (χ1v) is 6.92. The molecule has 19 heavy (non-hydrogen) atoms. The summed E-state index contributed by atoms with van der Waals surface area (Å²) in [6.45, 7) is 5.37. The zero-order chi connectivity index (χ0) is 13.4. The first-order valence-electron chi connectivity index (χ1n) is 6.92. The first kappa shape index (κ1) is 12.6. The molecule has 2 heterocycles. The van der Waals surface area contributed by atoms with E-state index in [1.165, 1.54) is 11.1 Å². The van der Waals surface area contributed by atoms with Crippen LogP contribution in [0.3, 0.4) is 0 Å². The van der Waals surface area contributed by atoms with Crippen LogP contribution in [0, 0.1) is 6.92 Å². The van der Waals surface area contributed by atoms with E-state index in [-0.39, 0.29) is 5.91 Å². The van der Waals surface area contributed by atoms with Crippen LogP contribution in [0.5, 0.6) is 0 Å². The van der Waals surface area contributed by atoms with Crippen molar-refractivity contribution in [2.45, 2.75) is 19.0 Å². The van der Waals surface area contributed by atoms with Gasteiger partial charge in [-0.25, -0.2) is 0 Å². The molecule has 2 aliphatic heterocycles. The summed E-state index contributed by atoms with van der Waals surface area (Å²) in [7, 11) is 1.90. The highest BCUT2D eigenvalue weighted by atomic mass is 16.2. The standard InChI is InChI=1S/C15H21N3O/c1-11-3-5-12(6-4-11)14-8-16-7-13-9-17(2)15(19)10-18(13)14/h3-6,13-14,16H,7-10H2,1-2H3. The molecule has 3 rings (SSSR count). The minimum atomic E-state index is 0.232. The van der Waals surface area contributed by atoms with E-state index in [0.29, 0.717) is 18.6 Å². The number of carbonyl (C=O) groups is 1. The monoisotopic (exact) mass is 259 g/mol. The molecule has 1 amide bonds. The molecule has 0 saturated carbocycles. The summed E-state index contributed by atoms with van der Waals surface area (Å²) in [5.74, 6) is 0.232. The largest absolute Gasteiger partial charge is 0.343 e.